The van der Waals surface area contributed by atoms with Crippen molar-refractivity contribution in [3.63, 3.8) is 0 Å². The number of guanidine groups is 1. The van der Waals surface area contributed by atoms with Crippen molar-refractivity contribution in [2.24, 2.45) is 16.7 Å². The Hall–Kier alpha value is -0.930. The molecular weight excluding hydrogens is 140 g/mol. The Labute approximate surface area is 68.2 Å². The summed E-state index contributed by atoms with van der Waals surface area (Å²) in [5, 5.41) is 3.45. The molecule has 4 nitrogen and oxygen atoms in total. The lowest BCUT2D eigenvalue weighted by molar-refractivity contribution is 0.332. The summed E-state index contributed by atoms with van der Waals surface area (Å²) in [6, 6.07) is 0.410. The van der Waals surface area contributed by atoms with Crippen LogP contribution >= 0.6 is 0 Å². The minimum absolute atomic E-state index is 0.410. The molecule has 4 heteroatoms. The van der Waals surface area contributed by atoms with Crippen LogP contribution in [0.3, 0.4) is 0 Å². The van der Waals surface area contributed by atoms with Gasteiger partial charge in [0.25, 0.3) is 0 Å². The van der Waals surface area contributed by atoms with Crippen molar-refractivity contribution in [2.75, 3.05) is 6.54 Å². The Morgan fingerprint density at radius 2 is 2.09 bits per heavy atom. The molecule has 0 fully saturated rings. The lowest BCUT2D eigenvalue weighted by atomic mass is 10.2. The third kappa shape index (κ3) is 2.65. The summed E-state index contributed by atoms with van der Waals surface area (Å²) in [5.74, 6) is 5.48. The average molecular weight is 158 g/mol. The van der Waals surface area contributed by atoms with Crippen LogP contribution in [-0.4, -0.2) is 23.4 Å². The Morgan fingerprint density at radius 3 is 2.36 bits per heavy atom. The molecule has 0 saturated heterocycles. The van der Waals surface area contributed by atoms with E-state index in [-0.39, 0.29) is 0 Å². The molecule has 0 heterocycles. The molecule has 0 aromatic carbocycles. The highest BCUT2D eigenvalue weighted by molar-refractivity contribution is 5.77. The van der Waals surface area contributed by atoms with E-state index in [0.29, 0.717) is 12.0 Å². The van der Waals surface area contributed by atoms with E-state index in [9.17, 15) is 0 Å². The summed E-state index contributed by atoms with van der Waals surface area (Å²) >= 11 is 0. The van der Waals surface area contributed by atoms with Crippen LogP contribution in [0.15, 0.2) is 5.10 Å². The van der Waals surface area contributed by atoms with Crippen LogP contribution in [0.25, 0.3) is 0 Å². The highest BCUT2D eigenvalue weighted by Crippen LogP contribution is 2.01. The fraction of sp³-hybridized carbons (Fsp3) is 0.857. The van der Waals surface area contributed by atoms with Gasteiger partial charge in [-0.25, -0.2) is 0 Å². The van der Waals surface area contributed by atoms with Gasteiger partial charge >= 0.3 is 0 Å². The first-order valence-electron chi connectivity index (χ1n) is 3.97. The predicted octanol–water partition coefficient (Wildman–Crippen LogP) is 0.295. The van der Waals surface area contributed by atoms with Crippen LogP contribution in [0.4, 0.5) is 0 Å². The SMILES string of the molecule is CCC(C)N(CC)C(N)=NN. The van der Waals surface area contributed by atoms with E-state index in [1.54, 1.807) is 0 Å². The standard InChI is InChI=1S/C7H18N4/c1-4-6(3)11(5-2)7(8)10-9/h6H,4-5,9H2,1-3H3,(H2,8,10). The van der Waals surface area contributed by atoms with E-state index in [1.165, 1.54) is 0 Å². The van der Waals surface area contributed by atoms with Crippen LogP contribution < -0.4 is 11.6 Å². The van der Waals surface area contributed by atoms with E-state index in [0.717, 1.165) is 13.0 Å². The van der Waals surface area contributed by atoms with Gasteiger partial charge in [-0.05, 0) is 20.3 Å². The molecule has 1 unspecified atom stereocenters. The molecule has 1 atom stereocenters. The highest BCUT2D eigenvalue weighted by Gasteiger charge is 2.11. The van der Waals surface area contributed by atoms with Gasteiger partial charge in [0.05, 0.1) is 0 Å². The zero-order valence-corrected chi connectivity index (χ0v) is 7.54. The molecule has 66 valence electrons. The monoisotopic (exact) mass is 158 g/mol. The van der Waals surface area contributed by atoms with E-state index in [4.69, 9.17) is 11.6 Å². The summed E-state index contributed by atoms with van der Waals surface area (Å²) in [4.78, 5) is 1.97. The second kappa shape index (κ2) is 4.82. The summed E-state index contributed by atoms with van der Waals surface area (Å²) < 4.78 is 0. The van der Waals surface area contributed by atoms with Crippen LogP contribution in [0.1, 0.15) is 27.2 Å². The smallest absolute Gasteiger partial charge is 0.213 e. The Bertz CT molecular complexity index is 132. The van der Waals surface area contributed by atoms with Gasteiger partial charge in [-0.15, -0.1) is 5.10 Å². The maximum atomic E-state index is 5.56. The molecule has 0 radical (unpaired) electrons. The number of rotatable bonds is 3. The largest absolute Gasteiger partial charge is 0.368 e. The molecule has 0 bridgehead atoms. The third-order valence-corrected chi connectivity index (χ3v) is 1.89. The number of nitrogens with two attached hydrogens (primary N) is 2. The third-order valence-electron chi connectivity index (χ3n) is 1.89. The minimum atomic E-state index is 0.410. The molecule has 0 aliphatic heterocycles. The fourth-order valence-corrected chi connectivity index (χ4v) is 0.994. The van der Waals surface area contributed by atoms with Crippen molar-refractivity contribution in [3.05, 3.63) is 0 Å². The summed E-state index contributed by atoms with van der Waals surface area (Å²) in [5.41, 5.74) is 5.56. The second-order valence-corrected chi connectivity index (χ2v) is 2.53. The molecule has 0 saturated carbocycles. The van der Waals surface area contributed by atoms with Crippen LogP contribution in [-0.2, 0) is 0 Å². The first-order chi connectivity index (χ1) is 5.17. The van der Waals surface area contributed by atoms with Gasteiger partial charge in [0.15, 0.2) is 0 Å². The van der Waals surface area contributed by atoms with E-state index in [2.05, 4.69) is 18.9 Å². The van der Waals surface area contributed by atoms with Crippen molar-refractivity contribution in [3.8, 4) is 0 Å². The summed E-state index contributed by atoms with van der Waals surface area (Å²) in [6.45, 7) is 7.09. The number of hydrogen-bond acceptors (Lipinski definition) is 2. The molecule has 0 aromatic heterocycles. The maximum Gasteiger partial charge on any atom is 0.213 e. The zero-order chi connectivity index (χ0) is 8.85. The van der Waals surface area contributed by atoms with Gasteiger partial charge in [-0.3, -0.25) is 0 Å². The van der Waals surface area contributed by atoms with Crippen molar-refractivity contribution in [1.82, 2.24) is 4.90 Å². The van der Waals surface area contributed by atoms with Crippen LogP contribution in [0.5, 0.6) is 0 Å². The molecule has 4 N–H and O–H groups in total. The molecule has 0 aliphatic rings. The van der Waals surface area contributed by atoms with Crippen LogP contribution in [0.2, 0.25) is 0 Å². The Kier molecular flexibility index (Phi) is 4.41. The Balaban J connectivity index is 4.15. The molecule has 0 aliphatic carbocycles. The zero-order valence-electron chi connectivity index (χ0n) is 7.54. The quantitative estimate of drug-likeness (QED) is 0.268. The molecule has 0 rings (SSSR count). The molecule has 11 heavy (non-hydrogen) atoms. The van der Waals surface area contributed by atoms with Gasteiger partial charge in [0.2, 0.25) is 5.96 Å². The maximum absolute atomic E-state index is 5.56. The number of hydrazone groups is 1. The minimum Gasteiger partial charge on any atom is -0.368 e. The normalized spacial score (nSPS) is 14.6. The summed E-state index contributed by atoms with van der Waals surface area (Å²) in [6.07, 6.45) is 1.05. The Morgan fingerprint density at radius 1 is 1.55 bits per heavy atom. The average Bonchev–Trinajstić information content (AvgIpc) is 2.05. The first kappa shape index (κ1) is 10.1. The van der Waals surface area contributed by atoms with E-state index >= 15 is 0 Å². The molecule has 0 amide bonds. The van der Waals surface area contributed by atoms with Crippen molar-refractivity contribution in [1.29, 1.82) is 0 Å². The van der Waals surface area contributed by atoms with Gasteiger partial charge in [0.1, 0.15) is 0 Å². The number of nitrogens with zero attached hydrogens (tertiary/aromatic N) is 2. The van der Waals surface area contributed by atoms with Gasteiger partial charge in [-0.2, -0.15) is 0 Å². The lowest BCUT2D eigenvalue weighted by Crippen LogP contribution is -2.43. The molecule has 0 aromatic rings. The number of hydrogen-bond donors (Lipinski definition) is 2. The lowest BCUT2D eigenvalue weighted by Gasteiger charge is -2.27. The van der Waals surface area contributed by atoms with Gasteiger partial charge in [0, 0.05) is 12.6 Å². The van der Waals surface area contributed by atoms with Crippen molar-refractivity contribution < 1.29 is 0 Å². The second-order valence-electron chi connectivity index (χ2n) is 2.53. The van der Waals surface area contributed by atoms with Gasteiger partial charge in [-0.1, -0.05) is 6.92 Å². The summed E-state index contributed by atoms with van der Waals surface area (Å²) in [7, 11) is 0. The molecular formula is C7H18N4. The highest BCUT2D eigenvalue weighted by atomic mass is 15.3. The van der Waals surface area contributed by atoms with E-state index < -0.39 is 0 Å². The molecule has 0 spiro atoms. The van der Waals surface area contributed by atoms with Gasteiger partial charge < -0.3 is 16.5 Å². The topological polar surface area (TPSA) is 67.6 Å². The first-order valence-corrected chi connectivity index (χ1v) is 3.97. The van der Waals surface area contributed by atoms with Crippen molar-refractivity contribution >= 4 is 5.96 Å². The van der Waals surface area contributed by atoms with Crippen molar-refractivity contribution in [2.45, 2.75) is 33.2 Å². The fourth-order valence-electron chi connectivity index (χ4n) is 0.994. The predicted molar refractivity (Wildman–Crippen MR) is 47.9 cm³/mol. The van der Waals surface area contributed by atoms with Crippen LogP contribution in [0, 0.1) is 0 Å². The van der Waals surface area contributed by atoms with E-state index in [1.807, 2.05) is 11.8 Å².